The van der Waals surface area contributed by atoms with E-state index in [0.29, 0.717) is 37.6 Å². The zero-order valence-corrected chi connectivity index (χ0v) is 11.5. The van der Waals surface area contributed by atoms with Crippen molar-refractivity contribution in [2.45, 2.75) is 19.9 Å². The van der Waals surface area contributed by atoms with Gasteiger partial charge in [-0.2, -0.15) is 5.10 Å². The first-order chi connectivity index (χ1) is 9.74. The smallest absolute Gasteiger partial charge is 0.289 e. The SMILES string of the molecule is CCN(CCCO)C(=O)c1ccc(Cn2cccn2)o1. The molecule has 0 fully saturated rings. The number of amides is 1. The van der Waals surface area contributed by atoms with Crippen molar-refractivity contribution >= 4 is 5.91 Å². The molecule has 2 heterocycles. The quantitative estimate of drug-likeness (QED) is 0.829. The lowest BCUT2D eigenvalue weighted by atomic mass is 10.3. The molecule has 108 valence electrons. The van der Waals surface area contributed by atoms with Crippen LogP contribution in [0.25, 0.3) is 0 Å². The largest absolute Gasteiger partial charge is 0.454 e. The van der Waals surface area contributed by atoms with Crippen molar-refractivity contribution in [2.24, 2.45) is 0 Å². The molecule has 6 heteroatoms. The van der Waals surface area contributed by atoms with Gasteiger partial charge in [0.25, 0.3) is 5.91 Å². The molecule has 0 aliphatic carbocycles. The first-order valence-electron chi connectivity index (χ1n) is 6.71. The summed E-state index contributed by atoms with van der Waals surface area (Å²) in [6.45, 7) is 3.60. The summed E-state index contributed by atoms with van der Waals surface area (Å²) < 4.78 is 7.30. The van der Waals surface area contributed by atoms with Crippen molar-refractivity contribution in [3.63, 3.8) is 0 Å². The van der Waals surface area contributed by atoms with E-state index in [9.17, 15) is 4.79 Å². The molecule has 0 saturated carbocycles. The van der Waals surface area contributed by atoms with Crippen molar-refractivity contribution in [2.75, 3.05) is 19.7 Å². The predicted octanol–water partition coefficient (Wildman–Crippen LogP) is 1.37. The van der Waals surface area contributed by atoms with Gasteiger partial charge in [0.05, 0.1) is 6.54 Å². The molecule has 6 nitrogen and oxygen atoms in total. The summed E-state index contributed by atoms with van der Waals surface area (Å²) in [5.41, 5.74) is 0. The molecule has 0 unspecified atom stereocenters. The molecule has 0 spiro atoms. The van der Waals surface area contributed by atoms with Crippen LogP contribution in [0.2, 0.25) is 0 Å². The Kier molecular flexibility index (Phi) is 4.95. The van der Waals surface area contributed by atoms with Gasteiger partial charge in [-0.15, -0.1) is 0 Å². The van der Waals surface area contributed by atoms with Crippen LogP contribution in [0.1, 0.15) is 29.7 Å². The number of rotatable bonds is 7. The third-order valence-electron chi connectivity index (χ3n) is 3.00. The highest BCUT2D eigenvalue weighted by molar-refractivity contribution is 5.91. The Morgan fingerprint density at radius 2 is 2.35 bits per heavy atom. The van der Waals surface area contributed by atoms with E-state index in [1.807, 2.05) is 19.2 Å². The van der Waals surface area contributed by atoms with Crippen LogP contribution in [0.15, 0.2) is 35.0 Å². The minimum atomic E-state index is -0.146. The van der Waals surface area contributed by atoms with Crippen molar-refractivity contribution in [3.8, 4) is 0 Å². The lowest BCUT2D eigenvalue weighted by Crippen LogP contribution is -2.31. The summed E-state index contributed by atoms with van der Waals surface area (Å²) in [4.78, 5) is 13.9. The Bertz CT molecular complexity index is 534. The standard InChI is InChI=1S/C14H19N3O3/c1-2-16(8-4-10-18)14(19)13-6-5-12(20-13)11-17-9-3-7-15-17/h3,5-7,9,18H,2,4,8,10-11H2,1H3. The van der Waals surface area contributed by atoms with E-state index in [4.69, 9.17) is 9.52 Å². The van der Waals surface area contributed by atoms with Crippen molar-refractivity contribution in [1.82, 2.24) is 14.7 Å². The predicted molar refractivity (Wildman–Crippen MR) is 73.3 cm³/mol. The number of nitrogens with zero attached hydrogens (tertiary/aromatic N) is 3. The molecule has 0 bridgehead atoms. The number of furan rings is 1. The summed E-state index contributed by atoms with van der Waals surface area (Å²) in [5, 5.41) is 12.9. The Morgan fingerprint density at radius 3 is 3.00 bits per heavy atom. The number of aromatic nitrogens is 2. The number of aliphatic hydroxyl groups excluding tert-OH is 1. The number of hydrogen-bond acceptors (Lipinski definition) is 4. The Morgan fingerprint density at radius 1 is 1.50 bits per heavy atom. The van der Waals surface area contributed by atoms with Crippen LogP contribution in [0, 0.1) is 0 Å². The van der Waals surface area contributed by atoms with E-state index in [1.165, 1.54) is 0 Å². The van der Waals surface area contributed by atoms with E-state index in [0.717, 1.165) is 0 Å². The van der Waals surface area contributed by atoms with Gasteiger partial charge in [0, 0.05) is 32.1 Å². The molecule has 0 radical (unpaired) electrons. The lowest BCUT2D eigenvalue weighted by Gasteiger charge is -2.18. The minimum Gasteiger partial charge on any atom is -0.454 e. The van der Waals surface area contributed by atoms with Crippen LogP contribution in [0.5, 0.6) is 0 Å². The fourth-order valence-electron chi connectivity index (χ4n) is 1.95. The molecule has 0 aromatic carbocycles. The highest BCUT2D eigenvalue weighted by Gasteiger charge is 2.17. The van der Waals surface area contributed by atoms with Gasteiger partial charge in [-0.25, -0.2) is 0 Å². The molecular weight excluding hydrogens is 258 g/mol. The van der Waals surface area contributed by atoms with Crippen LogP contribution in [-0.2, 0) is 6.54 Å². The molecule has 20 heavy (non-hydrogen) atoms. The Hall–Kier alpha value is -2.08. The monoisotopic (exact) mass is 277 g/mol. The van der Waals surface area contributed by atoms with Gasteiger partial charge >= 0.3 is 0 Å². The summed E-state index contributed by atoms with van der Waals surface area (Å²) in [6, 6.07) is 5.31. The zero-order valence-electron chi connectivity index (χ0n) is 11.5. The van der Waals surface area contributed by atoms with Gasteiger partial charge < -0.3 is 14.4 Å². The van der Waals surface area contributed by atoms with Crippen LogP contribution < -0.4 is 0 Å². The van der Waals surface area contributed by atoms with Gasteiger partial charge in [0.2, 0.25) is 0 Å². The van der Waals surface area contributed by atoms with Crippen molar-refractivity contribution in [3.05, 3.63) is 42.1 Å². The third-order valence-corrected chi connectivity index (χ3v) is 3.00. The maximum atomic E-state index is 12.2. The molecule has 2 aromatic heterocycles. The van der Waals surface area contributed by atoms with Gasteiger partial charge in [0.15, 0.2) is 5.76 Å². The second kappa shape index (κ2) is 6.91. The second-order valence-corrected chi connectivity index (χ2v) is 4.43. The summed E-state index contributed by atoms with van der Waals surface area (Å²) >= 11 is 0. The van der Waals surface area contributed by atoms with Gasteiger partial charge in [-0.3, -0.25) is 9.48 Å². The molecule has 0 aliphatic heterocycles. The van der Waals surface area contributed by atoms with Crippen LogP contribution in [-0.4, -0.2) is 45.4 Å². The number of hydrogen-bond donors (Lipinski definition) is 1. The van der Waals surface area contributed by atoms with E-state index in [-0.39, 0.29) is 12.5 Å². The maximum Gasteiger partial charge on any atom is 0.289 e. The minimum absolute atomic E-state index is 0.0759. The normalized spacial score (nSPS) is 10.7. The molecule has 1 amide bonds. The third kappa shape index (κ3) is 3.48. The molecular formula is C14H19N3O3. The molecule has 0 aliphatic rings. The molecule has 1 N–H and O–H groups in total. The topological polar surface area (TPSA) is 71.5 Å². The van der Waals surface area contributed by atoms with E-state index in [2.05, 4.69) is 5.10 Å². The molecule has 2 rings (SSSR count). The van der Waals surface area contributed by atoms with Crippen LogP contribution in [0.4, 0.5) is 0 Å². The van der Waals surface area contributed by atoms with Crippen molar-refractivity contribution in [1.29, 1.82) is 0 Å². The summed E-state index contributed by atoms with van der Waals surface area (Å²) in [5.74, 6) is 0.870. The molecule has 2 aromatic rings. The fraction of sp³-hybridized carbons (Fsp3) is 0.429. The van der Waals surface area contributed by atoms with Gasteiger partial charge in [-0.1, -0.05) is 0 Å². The van der Waals surface area contributed by atoms with Crippen molar-refractivity contribution < 1.29 is 14.3 Å². The molecule has 0 atom stereocenters. The summed E-state index contributed by atoms with van der Waals surface area (Å²) in [7, 11) is 0. The van der Waals surface area contributed by atoms with E-state index in [1.54, 1.807) is 27.9 Å². The number of aliphatic hydroxyl groups is 1. The Balaban J connectivity index is 2.01. The first-order valence-corrected chi connectivity index (χ1v) is 6.71. The van der Waals surface area contributed by atoms with E-state index < -0.39 is 0 Å². The van der Waals surface area contributed by atoms with Crippen LogP contribution >= 0.6 is 0 Å². The highest BCUT2D eigenvalue weighted by atomic mass is 16.4. The van der Waals surface area contributed by atoms with E-state index >= 15 is 0 Å². The lowest BCUT2D eigenvalue weighted by molar-refractivity contribution is 0.0720. The van der Waals surface area contributed by atoms with Gasteiger partial charge in [-0.05, 0) is 31.5 Å². The first kappa shape index (κ1) is 14.3. The Labute approximate surface area is 117 Å². The van der Waals surface area contributed by atoms with Gasteiger partial charge in [0.1, 0.15) is 5.76 Å². The van der Waals surface area contributed by atoms with Crippen LogP contribution in [0.3, 0.4) is 0 Å². The second-order valence-electron chi connectivity index (χ2n) is 4.43. The molecule has 0 saturated heterocycles. The highest BCUT2D eigenvalue weighted by Crippen LogP contribution is 2.12. The summed E-state index contributed by atoms with van der Waals surface area (Å²) in [6.07, 6.45) is 4.10. The fourth-order valence-corrected chi connectivity index (χ4v) is 1.95. The average molecular weight is 277 g/mol. The number of carbonyl (C=O) groups is 1. The average Bonchev–Trinajstić information content (AvgIpc) is 3.11. The maximum absolute atomic E-state index is 12.2. The zero-order chi connectivity index (χ0) is 14.4. The number of carbonyl (C=O) groups excluding carboxylic acids is 1.